The highest BCUT2D eigenvalue weighted by molar-refractivity contribution is 6.07. The number of hydrogen-bond donors (Lipinski definition) is 1. The maximum atomic E-state index is 12.9. The molecule has 23 heavy (non-hydrogen) atoms. The molecule has 0 bridgehead atoms. The number of rotatable bonds is 3. The average molecular weight is 314 g/mol. The third kappa shape index (κ3) is 2.75. The molecular formula is C19H26N2O2. The summed E-state index contributed by atoms with van der Waals surface area (Å²) in [5.41, 5.74) is 2.30. The van der Waals surface area contributed by atoms with Crippen molar-refractivity contribution in [2.24, 2.45) is 0 Å². The third-order valence-corrected chi connectivity index (χ3v) is 5.57. The molecule has 2 fully saturated rings. The molecule has 1 N–H and O–H groups in total. The summed E-state index contributed by atoms with van der Waals surface area (Å²) in [6.45, 7) is 5.96. The fraction of sp³-hybridized carbons (Fsp3) is 0.579. The summed E-state index contributed by atoms with van der Waals surface area (Å²) in [6, 6.07) is 6.22. The van der Waals surface area contributed by atoms with Gasteiger partial charge in [-0.05, 0) is 57.2 Å². The number of nitrogens with zero attached hydrogens (tertiary/aromatic N) is 1. The van der Waals surface area contributed by atoms with Crippen LogP contribution in [0.2, 0.25) is 0 Å². The van der Waals surface area contributed by atoms with E-state index in [2.05, 4.69) is 5.32 Å². The molecule has 3 rings (SSSR count). The van der Waals surface area contributed by atoms with Crippen LogP contribution in [0, 0.1) is 13.8 Å². The smallest absolute Gasteiger partial charge is 0.246 e. The van der Waals surface area contributed by atoms with E-state index in [0.717, 1.165) is 29.7 Å². The molecule has 4 nitrogen and oxygen atoms in total. The Labute approximate surface area is 138 Å². The summed E-state index contributed by atoms with van der Waals surface area (Å²) in [7, 11) is 0. The van der Waals surface area contributed by atoms with E-state index in [-0.39, 0.29) is 17.9 Å². The van der Waals surface area contributed by atoms with Crippen molar-refractivity contribution in [2.45, 2.75) is 70.9 Å². The van der Waals surface area contributed by atoms with Crippen LogP contribution in [-0.2, 0) is 9.59 Å². The van der Waals surface area contributed by atoms with Gasteiger partial charge in [0, 0.05) is 18.2 Å². The Morgan fingerprint density at radius 3 is 2.65 bits per heavy atom. The Hall–Kier alpha value is -1.84. The topological polar surface area (TPSA) is 49.4 Å². The maximum absolute atomic E-state index is 12.9. The first-order chi connectivity index (χ1) is 10.9. The second kappa shape index (κ2) is 5.99. The summed E-state index contributed by atoms with van der Waals surface area (Å²) in [6.07, 6.45) is 5.49. The molecule has 1 saturated heterocycles. The fourth-order valence-corrected chi connectivity index (χ4v) is 3.85. The van der Waals surface area contributed by atoms with Crippen molar-refractivity contribution in [2.75, 3.05) is 4.90 Å². The Balaban J connectivity index is 1.91. The molecule has 0 unspecified atom stereocenters. The van der Waals surface area contributed by atoms with E-state index in [1.54, 1.807) is 4.90 Å². The normalized spacial score (nSPS) is 25.2. The molecule has 1 aromatic rings. The largest absolute Gasteiger partial charge is 0.351 e. The quantitative estimate of drug-likeness (QED) is 0.931. The van der Waals surface area contributed by atoms with Crippen LogP contribution in [0.15, 0.2) is 18.2 Å². The highest BCUT2D eigenvalue weighted by Gasteiger charge is 2.49. The number of anilines is 1. The van der Waals surface area contributed by atoms with Crippen molar-refractivity contribution in [3.05, 3.63) is 29.3 Å². The molecule has 1 aliphatic carbocycles. The van der Waals surface area contributed by atoms with Gasteiger partial charge in [-0.15, -0.1) is 0 Å². The van der Waals surface area contributed by atoms with E-state index in [1.807, 2.05) is 39.0 Å². The first kappa shape index (κ1) is 16.0. The Bertz CT molecular complexity index is 634. The van der Waals surface area contributed by atoms with E-state index < -0.39 is 5.54 Å². The zero-order chi connectivity index (χ0) is 16.6. The van der Waals surface area contributed by atoms with E-state index in [4.69, 9.17) is 0 Å². The van der Waals surface area contributed by atoms with Crippen LogP contribution in [0.4, 0.5) is 5.69 Å². The van der Waals surface area contributed by atoms with Crippen LogP contribution in [0.1, 0.15) is 56.6 Å². The lowest BCUT2D eigenvalue weighted by molar-refractivity contribution is -0.127. The van der Waals surface area contributed by atoms with E-state index in [9.17, 15) is 9.59 Å². The van der Waals surface area contributed by atoms with Crippen LogP contribution in [-0.4, -0.2) is 23.4 Å². The molecule has 0 radical (unpaired) electrons. The van der Waals surface area contributed by atoms with Crippen molar-refractivity contribution >= 4 is 17.5 Å². The Morgan fingerprint density at radius 1 is 1.26 bits per heavy atom. The Kier molecular flexibility index (Phi) is 4.17. The number of aryl methyl sites for hydroxylation is 1. The van der Waals surface area contributed by atoms with Crippen LogP contribution in [0.25, 0.3) is 0 Å². The summed E-state index contributed by atoms with van der Waals surface area (Å²) in [5, 5.41) is 3.18. The number of benzene rings is 1. The highest BCUT2D eigenvalue weighted by Crippen LogP contribution is 2.38. The number of hydrogen-bond acceptors (Lipinski definition) is 2. The van der Waals surface area contributed by atoms with Crippen molar-refractivity contribution in [3.8, 4) is 0 Å². The Morgan fingerprint density at radius 2 is 1.96 bits per heavy atom. The van der Waals surface area contributed by atoms with Gasteiger partial charge in [-0.2, -0.15) is 0 Å². The van der Waals surface area contributed by atoms with Gasteiger partial charge in [0.2, 0.25) is 11.8 Å². The number of carbonyl (C=O) groups is 2. The van der Waals surface area contributed by atoms with Crippen LogP contribution >= 0.6 is 0 Å². The molecule has 1 atom stereocenters. The lowest BCUT2D eigenvalue weighted by Gasteiger charge is -2.36. The van der Waals surface area contributed by atoms with Crippen LogP contribution in [0.5, 0.6) is 0 Å². The second-order valence-corrected chi connectivity index (χ2v) is 7.18. The van der Waals surface area contributed by atoms with Crippen molar-refractivity contribution in [1.29, 1.82) is 0 Å². The van der Waals surface area contributed by atoms with Gasteiger partial charge >= 0.3 is 0 Å². The zero-order valence-corrected chi connectivity index (χ0v) is 14.3. The first-order valence-electron chi connectivity index (χ1n) is 8.64. The molecule has 1 aliphatic heterocycles. The molecule has 124 valence electrons. The second-order valence-electron chi connectivity index (χ2n) is 7.18. The van der Waals surface area contributed by atoms with Gasteiger partial charge in [0.05, 0.1) is 0 Å². The standard InChI is InChI=1S/C19H26N2O2/c1-13-7-6-10-16(14(13)2)21-17(22)11-12-19(21,3)18(23)20-15-8-4-5-9-15/h6-7,10,15H,4-5,8-9,11-12H2,1-3H3,(H,20,23)/t19-/m1/s1. The summed E-state index contributed by atoms with van der Waals surface area (Å²) in [5.74, 6) is 0.0407. The van der Waals surface area contributed by atoms with Crippen molar-refractivity contribution in [3.63, 3.8) is 0 Å². The molecule has 0 spiro atoms. The van der Waals surface area contributed by atoms with Gasteiger partial charge in [-0.25, -0.2) is 0 Å². The maximum Gasteiger partial charge on any atom is 0.246 e. The lowest BCUT2D eigenvalue weighted by Crippen LogP contribution is -2.56. The number of amides is 2. The third-order valence-electron chi connectivity index (χ3n) is 5.57. The van der Waals surface area contributed by atoms with Gasteiger partial charge in [-0.1, -0.05) is 25.0 Å². The van der Waals surface area contributed by atoms with Crippen molar-refractivity contribution in [1.82, 2.24) is 5.32 Å². The van der Waals surface area contributed by atoms with E-state index in [1.165, 1.54) is 12.8 Å². The molecule has 4 heteroatoms. The molecule has 1 aromatic carbocycles. The fourth-order valence-electron chi connectivity index (χ4n) is 3.85. The molecule has 1 saturated carbocycles. The van der Waals surface area contributed by atoms with Gasteiger partial charge in [0.25, 0.3) is 0 Å². The molecule has 0 aromatic heterocycles. The summed E-state index contributed by atoms with van der Waals surface area (Å²) >= 11 is 0. The minimum absolute atomic E-state index is 0.00356. The first-order valence-corrected chi connectivity index (χ1v) is 8.64. The van der Waals surface area contributed by atoms with Crippen molar-refractivity contribution < 1.29 is 9.59 Å². The molecule has 2 aliphatic rings. The van der Waals surface area contributed by atoms with E-state index in [0.29, 0.717) is 12.8 Å². The highest BCUT2D eigenvalue weighted by atomic mass is 16.2. The SMILES string of the molecule is Cc1cccc(N2C(=O)CC[C@]2(C)C(=O)NC2CCCC2)c1C. The van der Waals surface area contributed by atoms with Gasteiger partial charge in [-0.3, -0.25) is 14.5 Å². The number of nitrogens with one attached hydrogen (secondary N) is 1. The monoisotopic (exact) mass is 314 g/mol. The molecular weight excluding hydrogens is 288 g/mol. The van der Waals surface area contributed by atoms with E-state index >= 15 is 0 Å². The molecule has 1 heterocycles. The van der Waals surface area contributed by atoms with Gasteiger partial charge in [0.15, 0.2) is 0 Å². The minimum Gasteiger partial charge on any atom is -0.351 e. The lowest BCUT2D eigenvalue weighted by atomic mass is 9.95. The van der Waals surface area contributed by atoms with Crippen LogP contribution in [0.3, 0.4) is 0 Å². The predicted molar refractivity (Wildman–Crippen MR) is 91.4 cm³/mol. The summed E-state index contributed by atoms with van der Waals surface area (Å²) < 4.78 is 0. The summed E-state index contributed by atoms with van der Waals surface area (Å²) in [4.78, 5) is 27.2. The van der Waals surface area contributed by atoms with Crippen LogP contribution < -0.4 is 10.2 Å². The van der Waals surface area contributed by atoms with Gasteiger partial charge in [0.1, 0.15) is 5.54 Å². The predicted octanol–water partition coefficient (Wildman–Crippen LogP) is 3.25. The minimum atomic E-state index is -0.780. The average Bonchev–Trinajstić information content (AvgIpc) is 3.12. The van der Waals surface area contributed by atoms with Gasteiger partial charge < -0.3 is 5.32 Å². The zero-order valence-electron chi connectivity index (χ0n) is 14.3. The number of carbonyl (C=O) groups excluding carboxylic acids is 2. The molecule has 2 amide bonds.